The van der Waals surface area contributed by atoms with Gasteiger partial charge in [0.2, 0.25) is 0 Å². The van der Waals surface area contributed by atoms with Gasteiger partial charge in [0, 0.05) is 18.4 Å². The normalized spacial score (nSPS) is 16.6. The number of amides is 1. The van der Waals surface area contributed by atoms with Crippen LogP contribution in [0.5, 0.6) is 0 Å². The highest BCUT2D eigenvalue weighted by Gasteiger charge is 2.15. The molecule has 1 atom stereocenters. The van der Waals surface area contributed by atoms with E-state index in [9.17, 15) is 4.79 Å². The minimum atomic E-state index is -0.0257. The monoisotopic (exact) mass is 283 g/mol. The lowest BCUT2D eigenvalue weighted by atomic mass is 9.94. The number of nitrogens with zero attached hydrogens (tertiary/aromatic N) is 2. The molecule has 4 heteroatoms. The summed E-state index contributed by atoms with van der Waals surface area (Å²) < 4.78 is 1.90. The van der Waals surface area contributed by atoms with E-state index in [0.29, 0.717) is 5.56 Å². The van der Waals surface area contributed by atoms with Crippen molar-refractivity contribution in [1.29, 1.82) is 0 Å². The summed E-state index contributed by atoms with van der Waals surface area (Å²) >= 11 is 0. The van der Waals surface area contributed by atoms with Crippen molar-refractivity contribution in [3.05, 3.63) is 47.4 Å². The minimum absolute atomic E-state index is 0.0257. The second kappa shape index (κ2) is 5.72. The maximum absolute atomic E-state index is 12.4. The number of carbonyl (C=O) groups is 1. The van der Waals surface area contributed by atoms with E-state index in [-0.39, 0.29) is 11.9 Å². The summed E-state index contributed by atoms with van der Waals surface area (Å²) in [6, 6.07) is 3.82. The Balaban J connectivity index is 1.75. The van der Waals surface area contributed by atoms with Gasteiger partial charge >= 0.3 is 0 Å². The molecule has 1 N–H and O–H groups in total. The van der Waals surface area contributed by atoms with Gasteiger partial charge in [-0.2, -0.15) is 0 Å². The lowest BCUT2D eigenvalue weighted by Crippen LogP contribution is -2.34. The second-order valence-electron chi connectivity index (χ2n) is 5.79. The fourth-order valence-corrected chi connectivity index (χ4v) is 2.88. The van der Waals surface area contributed by atoms with E-state index >= 15 is 0 Å². The van der Waals surface area contributed by atoms with Crippen molar-refractivity contribution in [3.8, 4) is 0 Å². The van der Waals surface area contributed by atoms with Crippen molar-refractivity contribution in [3.63, 3.8) is 0 Å². The zero-order valence-corrected chi connectivity index (χ0v) is 12.6. The molecule has 0 aliphatic heterocycles. The number of carbonyl (C=O) groups excluding carboxylic acids is 1. The first-order valence-electron chi connectivity index (χ1n) is 7.58. The van der Waals surface area contributed by atoms with E-state index in [1.807, 2.05) is 35.9 Å². The Hall–Kier alpha value is -2.10. The molecule has 2 heterocycles. The van der Waals surface area contributed by atoms with E-state index in [0.717, 1.165) is 24.2 Å². The van der Waals surface area contributed by atoms with Gasteiger partial charge in [-0.3, -0.25) is 4.79 Å². The topological polar surface area (TPSA) is 46.4 Å². The molecule has 1 aliphatic rings. The predicted molar refractivity (Wildman–Crippen MR) is 83.4 cm³/mol. The molecule has 21 heavy (non-hydrogen) atoms. The number of hydrogen-bond acceptors (Lipinski definition) is 2. The van der Waals surface area contributed by atoms with Crippen LogP contribution >= 0.6 is 0 Å². The predicted octanol–water partition coefficient (Wildman–Crippen LogP) is 3.26. The first-order valence-corrected chi connectivity index (χ1v) is 7.58. The molecule has 0 saturated carbocycles. The Morgan fingerprint density at radius 1 is 1.33 bits per heavy atom. The summed E-state index contributed by atoms with van der Waals surface area (Å²) in [4.78, 5) is 16.7. The van der Waals surface area contributed by atoms with E-state index in [1.54, 1.807) is 0 Å². The number of imidazole rings is 1. The molecule has 2 aromatic heterocycles. The summed E-state index contributed by atoms with van der Waals surface area (Å²) in [5.41, 5.74) is 3.85. The zero-order chi connectivity index (χ0) is 14.8. The van der Waals surface area contributed by atoms with Gasteiger partial charge in [0.05, 0.1) is 11.3 Å². The number of aromatic nitrogens is 2. The maximum Gasteiger partial charge on any atom is 0.253 e. The molecule has 0 bridgehead atoms. The van der Waals surface area contributed by atoms with Crippen LogP contribution < -0.4 is 5.32 Å². The van der Waals surface area contributed by atoms with Crippen molar-refractivity contribution in [1.82, 2.24) is 14.7 Å². The summed E-state index contributed by atoms with van der Waals surface area (Å²) in [6.07, 6.45) is 10.8. The molecule has 0 fully saturated rings. The summed E-state index contributed by atoms with van der Waals surface area (Å²) in [6.45, 7) is 4.01. The van der Waals surface area contributed by atoms with Gasteiger partial charge in [0.25, 0.3) is 5.91 Å². The van der Waals surface area contributed by atoms with Crippen LogP contribution in [0.15, 0.2) is 36.2 Å². The maximum atomic E-state index is 12.4. The fraction of sp³-hybridized carbons (Fsp3) is 0.412. The lowest BCUT2D eigenvalue weighted by Gasteiger charge is -2.20. The van der Waals surface area contributed by atoms with Crippen molar-refractivity contribution in [2.75, 3.05) is 0 Å². The third-order valence-corrected chi connectivity index (χ3v) is 4.06. The van der Waals surface area contributed by atoms with Crippen LogP contribution in [0, 0.1) is 6.92 Å². The Bertz CT molecular complexity index is 699. The average molecular weight is 283 g/mol. The van der Waals surface area contributed by atoms with Crippen molar-refractivity contribution in [2.24, 2.45) is 0 Å². The summed E-state index contributed by atoms with van der Waals surface area (Å²) in [5.74, 6) is -0.0257. The molecule has 0 saturated heterocycles. The molecule has 3 rings (SSSR count). The molecule has 2 aromatic rings. The van der Waals surface area contributed by atoms with Crippen molar-refractivity contribution < 1.29 is 4.79 Å². The van der Waals surface area contributed by atoms with Gasteiger partial charge in [-0.05, 0) is 51.7 Å². The molecular weight excluding hydrogens is 262 g/mol. The number of allylic oxidation sites excluding steroid dienone is 1. The highest BCUT2D eigenvalue weighted by Crippen LogP contribution is 2.20. The molecule has 0 aromatic carbocycles. The largest absolute Gasteiger partial charge is 0.346 e. The molecule has 1 amide bonds. The Morgan fingerprint density at radius 2 is 2.19 bits per heavy atom. The highest BCUT2D eigenvalue weighted by atomic mass is 16.1. The molecule has 0 spiro atoms. The van der Waals surface area contributed by atoms with Gasteiger partial charge in [-0.1, -0.05) is 11.6 Å². The number of fused-ring (bicyclic) bond motifs is 1. The summed E-state index contributed by atoms with van der Waals surface area (Å²) in [5, 5.41) is 3.10. The van der Waals surface area contributed by atoms with Crippen molar-refractivity contribution >= 4 is 11.6 Å². The number of pyridine rings is 1. The van der Waals surface area contributed by atoms with E-state index in [4.69, 9.17) is 0 Å². The molecule has 0 radical (unpaired) electrons. The third-order valence-electron chi connectivity index (χ3n) is 4.06. The average Bonchev–Trinajstić information content (AvgIpc) is 2.87. The minimum Gasteiger partial charge on any atom is -0.346 e. The number of aryl methyl sites for hydroxylation is 1. The molecule has 4 nitrogen and oxygen atoms in total. The number of nitrogens with one attached hydrogen (secondary N) is 1. The molecule has 1 unspecified atom stereocenters. The van der Waals surface area contributed by atoms with Crippen LogP contribution in [-0.4, -0.2) is 21.3 Å². The highest BCUT2D eigenvalue weighted by molar-refractivity contribution is 5.94. The Kier molecular flexibility index (Phi) is 3.78. The van der Waals surface area contributed by atoms with Crippen molar-refractivity contribution in [2.45, 2.75) is 45.6 Å². The first-order chi connectivity index (χ1) is 10.1. The van der Waals surface area contributed by atoms with Crippen LogP contribution in [0.25, 0.3) is 5.65 Å². The number of hydrogen-bond donors (Lipinski definition) is 1. The lowest BCUT2D eigenvalue weighted by molar-refractivity contribution is 0.0944. The Labute approximate surface area is 124 Å². The standard InChI is InChI=1S/C17H21N3O/c1-12-10-20-11-15(8-9-16(20)18-12)17(21)19-13(2)14-6-4-3-5-7-14/h6,8-11,13H,3-5,7H2,1-2H3,(H,19,21). The summed E-state index contributed by atoms with van der Waals surface area (Å²) in [7, 11) is 0. The van der Waals surface area contributed by atoms with Crippen LogP contribution in [0.4, 0.5) is 0 Å². The fourth-order valence-electron chi connectivity index (χ4n) is 2.88. The van der Waals surface area contributed by atoms with Crippen LogP contribution in [0.3, 0.4) is 0 Å². The third kappa shape index (κ3) is 2.99. The quantitative estimate of drug-likeness (QED) is 0.879. The van der Waals surface area contributed by atoms with E-state index in [1.165, 1.54) is 18.4 Å². The van der Waals surface area contributed by atoms with Gasteiger partial charge < -0.3 is 9.72 Å². The van der Waals surface area contributed by atoms with E-state index < -0.39 is 0 Å². The molecule has 110 valence electrons. The van der Waals surface area contributed by atoms with Crippen LogP contribution in [0.1, 0.15) is 48.7 Å². The first kappa shape index (κ1) is 13.9. The zero-order valence-electron chi connectivity index (χ0n) is 12.6. The van der Waals surface area contributed by atoms with Gasteiger partial charge in [-0.15, -0.1) is 0 Å². The van der Waals surface area contributed by atoms with Gasteiger partial charge in [0.15, 0.2) is 0 Å². The van der Waals surface area contributed by atoms with Gasteiger partial charge in [-0.25, -0.2) is 4.98 Å². The Morgan fingerprint density at radius 3 is 2.95 bits per heavy atom. The molecule has 1 aliphatic carbocycles. The van der Waals surface area contributed by atoms with Crippen LogP contribution in [0.2, 0.25) is 0 Å². The number of rotatable bonds is 3. The SMILES string of the molecule is Cc1cn2cc(C(=O)NC(C)C3=CCCCC3)ccc2n1. The second-order valence-corrected chi connectivity index (χ2v) is 5.79. The smallest absolute Gasteiger partial charge is 0.253 e. The van der Waals surface area contributed by atoms with Gasteiger partial charge in [0.1, 0.15) is 5.65 Å². The van der Waals surface area contributed by atoms with E-state index in [2.05, 4.69) is 23.3 Å². The van der Waals surface area contributed by atoms with Crippen LogP contribution in [-0.2, 0) is 0 Å². The molecular formula is C17H21N3O.